The Hall–Kier alpha value is -3.54. The van der Waals surface area contributed by atoms with Crippen LogP contribution in [0.5, 0.6) is 17.2 Å². The van der Waals surface area contributed by atoms with Gasteiger partial charge in [0.15, 0.2) is 11.5 Å². The quantitative estimate of drug-likeness (QED) is 0.571. The Labute approximate surface area is 170 Å². The lowest BCUT2D eigenvalue weighted by Gasteiger charge is -2.22. The number of carbonyl (C=O) groups is 1. The van der Waals surface area contributed by atoms with E-state index in [-0.39, 0.29) is 5.91 Å². The molecule has 0 saturated heterocycles. The lowest BCUT2D eigenvalue weighted by molar-refractivity contribution is 0.0984. The molecule has 3 rings (SSSR count). The zero-order chi connectivity index (χ0) is 20.6. The van der Waals surface area contributed by atoms with Crippen LogP contribution in [0.3, 0.4) is 0 Å². The zero-order valence-corrected chi connectivity index (χ0v) is 16.8. The summed E-state index contributed by atoms with van der Waals surface area (Å²) in [7, 11) is 3.18. The molecule has 1 heterocycles. The monoisotopic (exact) mass is 392 g/mol. The largest absolute Gasteiger partial charge is 0.494 e. The minimum atomic E-state index is -0.151. The molecule has 0 bridgehead atoms. The van der Waals surface area contributed by atoms with Crippen LogP contribution in [0.25, 0.3) is 0 Å². The number of hydrogen-bond donors (Lipinski definition) is 0. The zero-order valence-electron chi connectivity index (χ0n) is 16.8. The van der Waals surface area contributed by atoms with Gasteiger partial charge in [-0.2, -0.15) is 0 Å². The van der Waals surface area contributed by atoms with Gasteiger partial charge in [-0.25, -0.2) is 4.98 Å². The van der Waals surface area contributed by atoms with E-state index in [1.165, 1.54) is 0 Å². The molecule has 0 unspecified atom stereocenters. The number of methoxy groups -OCH3 is 2. The van der Waals surface area contributed by atoms with Crippen LogP contribution in [0, 0.1) is 0 Å². The molecule has 0 aliphatic rings. The molecule has 6 heteroatoms. The highest BCUT2D eigenvalue weighted by Crippen LogP contribution is 2.29. The number of anilines is 1. The Balaban J connectivity index is 1.92. The molecule has 0 aliphatic carbocycles. The van der Waals surface area contributed by atoms with Gasteiger partial charge in [0.05, 0.1) is 27.4 Å². The summed E-state index contributed by atoms with van der Waals surface area (Å²) >= 11 is 0. The van der Waals surface area contributed by atoms with Crippen molar-refractivity contribution in [1.82, 2.24) is 4.98 Å². The number of carbonyl (C=O) groups excluding carboxylic acids is 1. The van der Waals surface area contributed by atoms with Crippen molar-refractivity contribution in [3.63, 3.8) is 0 Å². The van der Waals surface area contributed by atoms with Crippen LogP contribution in [0.15, 0.2) is 66.9 Å². The van der Waals surface area contributed by atoms with Gasteiger partial charge in [-0.05, 0) is 61.0 Å². The second kappa shape index (κ2) is 9.59. The fourth-order valence-electron chi connectivity index (χ4n) is 2.95. The highest BCUT2D eigenvalue weighted by Gasteiger charge is 2.20. The van der Waals surface area contributed by atoms with Crippen molar-refractivity contribution in [2.24, 2.45) is 0 Å². The molecule has 1 amide bonds. The summed E-state index contributed by atoms with van der Waals surface area (Å²) in [4.78, 5) is 19.3. The summed E-state index contributed by atoms with van der Waals surface area (Å²) in [6.07, 6.45) is 1.67. The number of nitrogens with zero attached hydrogens (tertiary/aromatic N) is 2. The minimum Gasteiger partial charge on any atom is -0.494 e. The van der Waals surface area contributed by atoms with Gasteiger partial charge in [0, 0.05) is 11.8 Å². The third-order valence-corrected chi connectivity index (χ3v) is 4.37. The highest BCUT2D eigenvalue weighted by atomic mass is 16.5. The number of ether oxygens (including phenoxy) is 3. The van der Waals surface area contributed by atoms with E-state index in [0.29, 0.717) is 36.0 Å². The normalized spacial score (nSPS) is 10.3. The maximum absolute atomic E-state index is 13.3. The van der Waals surface area contributed by atoms with E-state index in [1.54, 1.807) is 49.6 Å². The van der Waals surface area contributed by atoms with Gasteiger partial charge in [-0.15, -0.1) is 0 Å². The first kappa shape index (κ1) is 20.2. The maximum Gasteiger partial charge on any atom is 0.259 e. The molecule has 150 valence electrons. The molecule has 29 heavy (non-hydrogen) atoms. The first-order chi connectivity index (χ1) is 14.2. The first-order valence-corrected chi connectivity index (χ1v) is 9.33. The molecule has 0 spiro atoms. The van der Waals surface area contributed by atoms with Gasteiger partial charge >= 0.3 is 0 Å². The van der Waals surface area contributed by atoms with E-state index >= 15 is 0 Å². The SMILES string of the molecule is CCOc1ccc(C(=O)N(Cc2ccc(OC)c(OC)c2)c2ccccn2)cc1. The number of aromatic nitrogens is 1. The van der Waals surface area contributed by atoms with Crippen LogP contribution in [-0.2, 0) is 6.54 Å². The second-order valence-corrected chi connectivity index (χ2v) is 6.23. The molecule has 0 atom stereocenters. The van der Waals surface area contributed by atoms with E-state index in [0.717, 1.165) is 11.3 Å². The predicted octanol–water partition coefficient (Wildman–Crippen LogP) is 4.34. The van der Waals surface area contributed by atoms with Crippen molar-refractivity contribution in [1.29, 1.82) is 0 Å². The van der Waals surface area contributed by atoms with E-state index in [1.807, 2.05) is 43.3 Å². The third-order valence-electron chi connectivity index (χ3n) is 4.37. The van der Waals surface area contributed by atoms with E-state index in [9.17, 15) is 4.79 Å². The van der Waals surface area contributed by atoms with Gasteiger partial charge in [-0.1, -0.05) is 12.1 Å². The second-order valence-electron chi connectivity index (χ2n) is 6.23. The summed E-state index contributed by atoms with van der Waals surface area (Å²) in [6, 6.07) is 18.2. The van der Waals surface area contributed by atoms with Crippen molar-refractivity contribution in [2.45, 2.75) is 13.5 Å². The Morgan fingerprint density at radius 3 is 2.34 bits per heavy atom. The Bertz CT molecular complexity index is 943. The van der Waals surface area contributed by atoms with Gasteiger partial charge in [0.25, 0.3) is 5.91 Å². The third kappa shape index (κ3) is 4.85. The smallest absolute Gasteiger partial charge is 0.259 e. The van der Waals surface area contributed by atoms with Crippen LogP contribution in [-0.4, -0.2) is 31.7 Å². The summed E-state index contributed by atoms with van der Waals surface area (Å²) in [5.74, 6) is 2.40. The van der Waals surface area contributed by atoms with E-state index in [2.05, 4.69) is 4.98 Å². The van der Waals surface area contributed by atoms with Crippen LogP contribution >= 0.6 is 0 Å². The summed E-state index contributed by atoms with van der Waals surface area (Å²) in [6.45, 7) is 2.83. The number of amides is 1. The van der Waals surface area contributed by atoms with Crippen molar-refractivity contribution >= 4 is 11.7 Å². The predicted molar refractivity (Wildman–Crippen MR) is 112 cm³/mol. The Morgan fingerprint density at radius 2 is 1.72 bits per heavy atom. The molecule has 0 N–H and O–H groups in total. The molecular formula is C23H24N2O4. The fourth-order valence-corrected chi connectivity index (χ4v) is 2.95. The van der Waals surface area contributed by atoms with Gasteiger partial charge < -0.3 is 14.2 Å². The Morgan fingerprint density at radius 1 is 0.966 bits per heavy atom. The van der Waals surface area contributed by atoms with E-state index < -0.39 is 0 Å². The van der Waals surface area contributed by atoms with Crippen LogP contribution in [0.4, 0.5) is 5.82 Å². The maximum atomic E-state index is 13.3. The fraction of sp³-hybridized carbons (Fsp3) is 0.217. The number of hydrogen-bond acceptors (Lipinski definition) is 5. The Kier molecular flexibility index (Phi) is 6.68. The molecule has 0 saturated carbocycles. The molecule has 6 nitrogen and oxygen atoms in total. The minimum absolute atomic E-state index is 0.151. The highest BCUT2D eigenvalue weighted by molar-refractivity contribution is 6.05. The summed E-state index contributed by atoms with van der Waals surface area (Å²) in [5.41, 5.74) is 1.45. The van der Waals surface area contributed by atoms with Crippen LogP contribution < -0.4 is 19.1 Å². The van der Waals surface area contributed by atoms with Gasteiger partial charge in [0.1, 0.15) is 11.6 Å². The van der Waals surface area contributed by atoms with Gasteiger partial charge in [0.2, 0.25) is 0 Å². The first-order valence-electron chi connectivity index (χ1n) is 9.33. The number of rotatable bonds is 8. The average Bonchev–Trinajstić information content (AvgIpc) is 2.78. The number of pyridine rings is 1. The van der Waals surface area contributed by atoms with E-state index in [4.69, 9.17) is 14.2 Å². The van der Waals surface area contributed by atoms with Crippen LogP contribution in [0.2, 0.25) is 0 Å². The van der Waals surface area contributed by atoms with Crippen molar-refractivity contribution in [2.75, 3.05) is 25.7 Å². The van der Waals surface area contributed by atoms with Crippen molar-refractivity contribution < 1.29 is 19.0 Å². The molecule has 0 aliphatic heterocycles. The number of benzene rings is 2. The van der Waals surface area contributed by atoms with Crippen molar-refractivity contribution in [3.8, 4) is 17.2 Å². The lowest BCUT2D eigenvalue weighted by Crippen LogP contribution is -2.31. The topological polar surface area (TPSA) is 60.9 Å². The van der Waals surface area contributed by atoms with Crippen LogP contribution in [0.1, 0.15) is 22.8 Å². The standard InChI is InChI=1S/C23H24N2O4/c1-4-29-19-11-9-18(10-12-19)23(26)25(22-7-5-6-14-24-22)16-17-8-13-20(27-2)21(15-17)28-3/h5-15H,4,16H2,1-3H3. The molecule has 1 aromatic heterocycles. The van der Waals surface area contributed by atoms with Gasteiger partial charge in [-0.3, -0.25) is 9.69 Å². The molecule has 0 radical (unpaired) electrons. The van der Waals surface area contributed by atoms with Crippen molar-refractivity contribution in [3.05, 3.63) is 78.0 Å². The summed E-state index contributed by atoms with van der Waals surface area (Å²) < 4.78 is 16.2. The molecule has 2 aromatic carbocycles. The lowest BCUT2D eigenvalue weighted by atomic mass is 10.1. The average molecular weight is 392 g/mol. The molecular weight excluding hydrogens is 368 g/mol. The molecule has 0 fully saturated rings. The summed E-state index contributed by atoms with van der Waals surface area (Å²) in [5, 5.41) is 0. The molecule has 3 aromatic rings.